The number of unbranched alkanes of at least 4 members (excludes halogenated alkanes) is 2. The monoisotopic (exact) mass is 394 g/mol. The van der Waals surface area contributed by atoms with Crippen molar-refractivity contribution in [2.45, 2.75) is 59.0 Å². The van der Waals surface area contributed by atoms with E-state index in [1.807, 2.05) is 67.6 Å². The molecule has 4 heteroatoms. The topological polar surface area (TPSA) is 58.2 Å². The van der Waals surface area contributed by atoms with Gasteiger partial charge in [0.15, 0.2) is 0 Å². The van der Waals surface area contributed by atoms with Gasteiger partial charge in [-0.3, -0.25) is 9.59 Å². The summed E-state index contributed by atoms with van der Waals surface area (Å²) in [7, 11) is 0. The van der Waals surface area contributed by atoms with Crippen LogP contribution >= 0.6 is 0 Å². The smallest absolute Gasteiger partial charge is 0.223 e. The van der Waals surface area contributed by atoms with Crippen molar-refractivity contribution < 1.29 is 9.59 Å². The summed E-state index contributed by atoms with van der Waals surface area (Å²) in [6.45, 7) is 5.15. The molecule has 0 saturated heterocycles. The molecule has 2 aromatic carbocycles. The average Bonchev–Trinajstić information content (AvgIpc) is 2.76. The molecule has 29 heavy (non-hydrogen) atoms. The number of carbonyl (C=O) groups excluding carboxylic acids is 2. The number of benzene rings is 2. The summed E-state index contributed by atoms with van der Waals surface area (Å²) < 4.78 is 0. The Hall–Kier alpha value is -2.62. The van der Waals surface area contributed by atoms with Crippen LogP contribution in [0.25, 0.3) is 0 Å². The van der Waals surface area contributed by atoms with Gasteiger partial charge in [-0.15, -0.1) is 0 Å². The van der Waals surface area contributed by atoms with Crippen LogP contribution in [0.4, 0.5) is 0 Å². The molecule has 0 saturated carbocycles. The van der Waals surface area contributed by atoms with E-state index in [1.165, 1.54) is 0 Å². The van der Waals surface area contributed by atoms with E-state index in [0.717, 1.165) is 36.8 Å². The quantitative estimate of drug-likeness (QED) is 0.506. The predicted octanol–water partition coefficient (Wildman–Crippen LogP) is 4.84. The minimum Gasteiger partial charge on any atom is -0.352 e. The van der Waals surface area contributed by atoms with E-state index in [4.69, 9.17) is 0 Å². The van der Waals surface area contributed by atoms with Crippen LogP contribution in [-0.2, 0) is 22.7 Å². The highest BCUT2D eigenvalue weighted by Gasteiger charge is 2.25. The van der Waals surface area contributed by atoms with Gasteiger partial charge in [-0.25, -0.2) is 0 Å². The van der Waals surface area contributed by atoms with Crippen molar-refractivity contribution in [3.63, 3.8) is 0 Å². The van der Waals surface area contributed by atoms with E-state index in [-0.39, 0.29) is 23.7 Å². The number of rotatable bonds is 12. The molecule has 2 rings (SSSR count). The third kappa shape index (κ3) is 8.51. The summed E-state index contributed by atoms with van der Waals surface area (Å²) in [5.74, 6) is -0.115. The number of carbonyl (C=O) groups is 2. The highest BCUT2D eigenvalue weighted by molar-refractivity contribution is 5.81. The Balaban J connectivity index is 1.88. The molecule has 0 aliphatic heterocycles. The van der Waals surface area contributed by atoms with E-state index in [9.17, 15) is 9.59 Å². The standard InChI is InChI=1S/C25H34N2O2/c1-3-4-7-16-23(17-24(28)26-18-21-12-8-5-9-13-21)20(2)25(29)27-19-22-14-10-6-11-15-22/h5-6,8-15,20,23H,3-4,7,16-19H2,1-2H3,(H,26,28)(H,27,29)/t20-,23-/m0/s1. The number of amides is 2. The van der Waals surface area contributed by atoms with Gasteiger partial charge in [-0.2, -0.15) is 0 Å². The number of hydrogen-bond donors (Lipinski definition) is 2. The minimum atomic E-state index is -0.196. The third-order valence-electron chi connectivity index (χ3n) is 5.39. The first-order valence-corrected chi connectivity index (χ1v) is 10.7. The predicted molar refractivity (Wildman–Crippen MR) is 118 cm³/mol. The van der Waals surface area contributed by atoms with Crippen molar-refractivity contribution in [1.82, 2.24) is 10.6 Å². The van der Waals surface area contributed by atoms with Gasteiger partial charge in [0.25, 0.3) is 0 Å². The molecule has 2 amide bonds. The minimum absolute atomic E-state index is 0.0121. The summed E-state index contributed by atoms with van der Waals surface area (Å²) in [6.07, 6.45) is 4.58. The zero-order valence-electron chi connectivity index (χ0n) is 17.7. The Morgan fingerprint density at radius 2 is 1.38 bits per heavy atom. The highest BCUT2D eigenvalue weighted by Crippen LogP contribution is 2.23. The van der Waals surface area contributed by atoms with E-state index >= 15 is 0 Å². The largest absolute Gasteiger partial charge is 0.352 e. The lowest BCUT2D eigenvalue weighted by Crippen LogP contribution is -2.35. The first-order chi connectivity index (χ1) is 14.1. The maximum Gasteiger partial charge on any atom is 0.223 e. The van der Waals surface area contributed by atoms with Gasteiger partial charge in [0.1, 0.15) is 0 Å². The fraction of sp³-hybridized carbons (Fsp3) is 0.440. The van der Waals surface area contributed by atoms with Crippen molar-refractivity contribution >= 4 is 11.8 Å². The number of nitrogens with one attached hydrogen (secondary N) is 2. The highest BCUT2D eigenvalue weighted by atomic mass is 16.2. The van der Waals surface area contributed by atoms with E-state index < -0.39 is 0 Å². The second kappa shape index (κ2) is 12.8. The maximum atomic E-state index is 12.7. The Bertz CT molecular complexity index is 731. The molecule has 0 radical (unpaired) electrons. The zero-order valence-corrected chi connectivity index (χ0v) is 17.7. The van der Waals surface area contributed by atoms with Gasteiger partial charge in [0.2, 0.25) is 11.8 Å². The van der Waals surface area contributed by atoms with Gasteiger partial charge in [0.05, 0.1) is 0 Å². The van der Waals surface area contributed by atoms with Crippen LogP contribution in [0.5, 0.6) is 0 Å². The second-order valence-electron chi connectivity index (χ2n) is 7.71. The molecule has 2 atom stereocenters. The van der Waals surface area contributed by atoms with Crippen molar-refractivity contribution in [2.24, 2.45) is 11.8 Å². The molecule has 0 unspecified atom stereocenters. The van der Waals surface area contributed by atoms with E-state index in [2.05, 4.69) is 17.6 Å². The second-order valence-corrected chi connectivity index (χ2v) is 7.71. The van der Waals surface area contributed by atoms with Crippen molar-refractivity contribution in [3.05, 3.63) is 71.8 Å². The lowest BCUT2D eigenvalue weighted by molar-refractivity contribution is -0.128. The van der Waals surface area contributed by atoms with Crippen LogP contribution < -0.4 is 10.6 Å². The molecular formula is C25H34N2O2. The average molecular weight is 395 g/mol. The van der Waals surface area contributed by atoms with Crippen LogP contribution in [-0.4, -0.2) is 11.8 Å². The fourth-order valence-electron chi connectivity index (χ4n) is 3.45. The molecule has 156 valence electrons. The van der Waals surface area contributed by atoms with Crippen LogP contribution in [0.2, 0.25) is 0 Å². The molecule has 4 nitrogen and oxygen atoms in total. The molecule has 0 bridgehead atoms. The zero-order chi connectivity index (χ0) is 20.9. The van der Waals surface area contributed by atoms with Crippen molar-refractivity contribution in [3.8, 4) is 0 Å². The van der Waals surface area contributed by atoms with Crippen molar-refractivity contribution in [2.75, 3.05) is 0 Å². The molecule has 0 spiro atoms. The molecule has 0 aliphatic carbocycles. The van der Waals surface area contributed by atoms with Crippen molar-refractivity contribution in [1.29, 1.82) is 0 Å². The van der Waals surface area contributed by atoms with Crippen LogP contribution in [0.3, 0.4) is 0 Å². The van der Waals surface area contributed by atoms with E-state index in [0.29, 0.717) is 19.5 Å². The summed E-state index contributed by atoms with van der Waals surface area (Å²) in [5, 5.41) is 6.03. The Morgan fingerprint density at radius 3 is 1.93 bits per heavy atom. The van der Waals surface area contributed by atoms with E-state index in [1.54, 1.807) is 0 Å². The first-order valence-electron chi connectivity index (χ1n) is 10.7. The lowest BCUT2D eigenvalue weighted by atomic mass is 9.85. The van der Waals surface area contributed by atoms with Crippen LogP contribution in [0.1, 0.15) is 57.1 Å². The summed E-state index contributed by atoms with van der Waals surface area (Å²) >= 11 is 0. The summed E-state index contributed by atoms with van der Waals surface area (Å²) in [6, 6.07) is 19.8. The molecule has 0 fully saturated rings. The van der Waals surface area contributed by atoms with Gasteiger partial charge in [-0.05, 0) is 23.5 Å². The molecular weight excluding hydrogens is 360 g/mol. The van der Waals surface area contributed by atoms with Crippen LogP contribution in [0, 0.1) is 11.8 Å². The summed E-state index contributed by atoms with van der Waals surface area (Å²) in [5.41, 5.74) is 2.16. The van der Waals surface area contributed by atoms with Gasteiger partial charge in [-0.1, -0.05) is 93.8 Å². The van der Waals surface area contributed by atoms with Gasteiger partial charge >= 0.3 is 0 Å². The SMILES string of the molecule is CCCCC[C@@H](CC(=O)NCc1ccccc1)[C@H](C)C(=O)NCc1ccccc1. The summed E-state index contributed by atoms with van der Waals surface area (Å²) in [4.78, 5) is 25.2. The molecule has 0 aliphatic rings. The molecule has 2 aromatic rings. The van der Waals surface area contributed by atoms with Gasteiger partial charge in [0, 0.05) is 25.4 Å². The molecule has 0 aromatic heterocycles. The van der Waals surface area contributed by atoms with Gasteiger partial charge < -0.3 is 10.6 Å². The maximum absolute atomic E-state index is 12.7. The Labute approximate surface area is 175 Å². The number of hydrogen-bond acceptors (Lipinski definition) is 2. The Morgan fingerprint density at radius 1 is 0.828 bits per heavy atom. The first kappa shape index (κ1) is 22.7. The fourth-order valence-corrected chi connectivity index (χ4v) is 3.45. The third-order valence-corrected chi connectivity index (χ3v) is 5.39. The Kier molecular flexibility index (Phi) is 9.98. The molecule has 0 heterocycles. The normalized spacial score (nSPS) is 12.8. The lowest BCUT2D eigenvalue weighted by Gasteiger charge is -2.23. The van der Waals surface area contributed by atoms with Crippen LogP contribution in [0.15, 0.2) is 60.7 Å². The molecule has 2 N–H and O–H groups in total.